The van der Waals surface area contributed by atoms with Gasteiger partial charge in [0.25, 0.3) is 0 Å². The van der Waals surface area contributed by atoms with E-state index < -0.39 is 5.60 Å². The van der Waals surface area contributed by atoms with Crippen LogP contribution in [0.25, 0.3) is 0 Å². The van der Waals surface area contributed by atoms with E-state index in [9.17, 15) is 4.79 Å². The molecule has 2 N–H and O–H groups in total. The largest absolute Gasteiger partial charge is 0.456 e. The molecule has 1 aromatic carbocycles. The first-order valence-corrected chi connectivity index (χ1v) is 7.11. The van der Waals surface area contributed by atoms with Gasteiger partial charge in [-0.25, -0.2) is 4.79 Å². The normalized spacial score (nSPS) is 13.2. The van der Waals surface area contributed by atoms with E-state index in [2.05, 4.69) is 22.6 Å². The van der Waals surface area contributed by atoms with Crippen LogP contribution in [0.1, 0.15) is 56.1 Å². The number of nitrogens with two attached hydrogens (primary N) is 1. The topological polar surface area (TPSA) is 52.3 Å². The molecular formula is C14H20INO2. The van der Waals surface area contributed by atoms with Crippen molar-refractivity contribution < 1.29 is 9.53 Å². The van der Waals surface area contributed by atoms with Crippen LogP contribution in [0.2, 0.25) is 0 Å². The Morgan fingerprint density at radius 2 is 2.06 bits per heavy atom. The molecule has 1 rings (SSSR count). The van der Waals surface area contributed by atoms with Crippen molar-refractivity contribution >= 4 is 28.6 Å². The molecule has 100 valence electrons. The van der Waals surface area contributed by atoms with Gasteiger partial charge in [0.2, 0.25) is 0 Å². The van der Waals surface area contributed by atoms with E-state index in [1.165, 1.54) is 0 Å². The summed E-state index contributed by atoms with van der Waals surface area (Å²) < 4.78 is 6.42. The van der Waals surface area contributed by atoms with Gasteiger partial charge in [-0.1, -0.05) is 13.0 Å². The predicted octanol–water partition coefficient (Wildman–Crippen LogP) is 3.66. The molecular weight excluding hydrogens is 341 g/mol. The Labute approximate surface area is 122 Å². The minimum atomic E-state index is -0.494. The van der Waals surface area contributed by atoms with Gasteiger partial charge < -0.3 is 10.5 Å². The number of rotatable bonds is 3. The molecule has 0 fully saturated rings. The second-order valence-electron chi connectivity index (χ2n) is 5.25. The first-order valence-electron chi connectivity index (χ1n) is 6.03. The molecule has 0 aromatic heterocycles. The van der Waals surface area contributed by atoms with Gasteiger partial charge in [-0.2, -0.15) is 0 Å². The lowest BCUT2D eigenvalue weighted by atomic mass is 9.99. The third-order valence-electron chi connectivity index (χ3n) is 2.47. The lowest BCUT2D eigenvalue weighted by molar-refractivity contribution is 0.00677. The average Bonchev–Trinajstić information content (AvgIpc) is 2.25. The first kappa shape index (κ1) is 15.4. The zero-order valence-electron chi connectivity index (χ0n) is 11.3. The Kier molecular flexibility index (Phi) is 5.16. The molecule has 0 aliphatic rings. The number of halogens is 1. The standard InChI is InChI=1S/C14H20INO2/c1-5-12(16)10-7-6-9(15)8-11(10)13(17)18-14(2,3)4/h6-8,12H,5,16H2,1-4H3/t12-/m0/s1. The molecule has 0 heterocycles. The fourth-order valence-electron chi connectivity index (χ4n) is 1.58. The van der Waals surface area contributed by atoms with Crippen molar-refractivity contribution in [2.45, 2.75) is 45.8 Å². The highest BCUT2D eigenvalue weighted by Gasteiger charge is 2.22. The number of hydrogen-bond donors (Lipinski definition) is 1. The number of carbonyl (C=O) groups excluding carboxylic acids is 1. The third kappa shape index (κ3) is 4.24. The number of esters is 1. The minimum Gasteiger partial charge on any atom is -0.456 e. The molecule has 0 aliphatic heterocycles. The maximum Gasteiger partial charge on any atom is 0.339 e. The molecule has 18 heavy (non-hydrogen) atoms. The van der Waals surface area contributed by atoms with Crippen molar-refractivity contribution in [3.63, 3.8) is 0 Å². The summed E-state index contributed by atoms with van der Waals surface area (Å²) in [4.78, 5) is 12.2. The van der Waals surface area contributed by atoms with Crippen LogP contribution >= 0.6 is 22.6 Å². The van der Waals surface area contributed by atoms with Crippen molar-refractivity contribution in [1.82, 2.24) is 0 Å². The highest BCUT2D eigenvalue weighted by atomic mass is 127. The lowest BCUT2D eigenvalue weighted by Gasteiger charge is -2.22. The van der Waals surface area contributed by atoms with Crippen LogP contribution in [0.15, 0.2) is 18.2 Å². The molecule has 0 amide bonds. The molecule has 4 heteroatoms. The fraction of sp³-hybridized carbons (Fsp3) is 0.500. The minimum absolute atomic E-state index is 0.135. The van der Waals surface area contributed by atoms with Crippen LogP contribution in [-0.2, 0) is 4.74 Å². The summed E-state index contributed by atoms with van der Waals surface area (Å²) in [6, 6.07) is 5.57. The zero-order chi connectivity index (χ0) is 13.9. The van der Waals surface area contributed by atoms with E-state index in [1.807, 2.05) is 45.9 Å². The van der Waals surface area contributed by atoms with E-state index in [0.29, 0.717) is 5.56 Å². The molecule has 0 radical (unpaired) electrons. The molecule has 3 nitrogen and oxygen atoms in total. The highest BCUT2D eigenvalue weighted by Crippen LogP contribution is 2.23. The maximum atomic E-state index is 12.2. The molecule has 1 atom stereocenters. The fourth-order valence-corrected chi connectivity index (χ4v) is 2.07. The SMILES string of the molecule is CC[C@H](N)c1ccc(I)cc1C(=O)OC(C)(C)C. The van der Waals surface area contributed by atoms with Crippen molar-refractivity contribution in [3.05, 3.63) is 32.9 Å². The Balaban J connectivity index is 3.13. The van der Waals surface area contributed by atoms with Crippen LogP contribution < -0.4 is 5.73 Å². The van der Waals surface area contributed by atoms with Crippen LogP contribution in [0.5, 0.6) is 0 Å². The number of ether oxygens (including phenoxy) is 1. The second kappa shape index (κ2) is 6.02. The van der Waals surface area contributed by atoms with Crippen molar-refractivity contribution in [2.75, 3.05) is 0 Å². The molecule has 0 saturated carbocycles. The predicted molar refractivity (Wildman–Crippen MR) is 81.5 cm³/mol. The number of benzene rings is 1. The quantitative estimate of drug-likeness (QED) is 0.661. The Morgan fingerprint density at radius 3 is 2.56 bits per heavy atom. The summed E-state index contributed by atoms with van der Waals surface area (Å²) in [5, 5.41) is 0. The van der Waals surface area contributed by atoms with Crippen LogP contribution in [0.3, 0.4) is 0 Å². The van der Waals surface area contributed by atoms with E-state index >= 15 is 0 Å². The van der Waals surface area contributed by atoms with Gasteiger partial charge in [-0.3, -0.25) is 0 Å². The van der Waals surface area contributed by atoms with E-state index in [-0.39, 0.29) is 12.0 Å². The van der Waals surface area contributed by atoms with Crippen molar-refractivity contribution in [2.24, 2.45) is 5.73 Å². The van der Waals surface area contributed by atoms with Gasteiger partial charge in [-0.05, 0) is 67.5 Å². The number of carbonyl (C=O) groups is 1. The molecule has 1 aromatic rings. The molecule has 0 unspecified atom stereocenters. The lowest BCUT2D eigenvalue weighted by Crippen LogP contribution is -2.25. The second-order valence-corrected chi connectivity index (χ2v) is 6.49. The van der Waals surface area contributed by atoms with Gasteiger partial charge in [0.15, 0.2) is 0 Å². The van der Waals surface area contributed by atoms with Crippen LogP contribution in [-0.4, -0.2) is 11.6 Å². The summed E-state index contributed by atoms with van der Waals surface area (Å²) in [6.45, 7) is 7.58. The van der Waals surface area contributed by atoms with Gasteiger partial charge in [-0.15, -0.1) is 0 Å². The summed E-state index contributed by atoms with van der Waals surface area (Å²) in [7, 11) is 0. The molecule has 0 aliphatic carbocycles. The number of hydrogen-bond acceptors (Lipinski definition) is 3. The molecule has 0 saturated heterocycles. The van der Waals surface area contributed by atoms with E-state index in [1.54, 1.807) is 0 Å². The monoisotopic (exact) mass is 361 g/mol. The Morgan fingerprint density at radius 1 is 1.44 bits per heavy atom. The first-order chi connectivity index (χ1) is 8.24. The summed E-state index contributed by atoms with van der Waals surface area (Å²) in [5.74, 6) is -0.306. The van der Waals surface area contributed by atoms with Crippen LogP contribution in [0, 0.1) is 3.57 Å². The summed E-state index contributed by atoms with van der Waals surface area (Å²) in [6.07, 6.45) is 0.788. The van der Waals surface area contributed by atoms with E-state index in [0.717, 1.165) is 15.6 Å². The average molecular weight is 361 g/mol. The smallest absolute Gasteiger partial charge is 0.339 e. The zero-order valence-corrected chi connectivity index (χ0v) is 13.4. The van der Waals surface area contributed by atoms with Crippen molar-refractivity contribution in [3.8, 4) is 0 Å². The third-order valence-corrected chi connectivity index (χ3v) is 3.14. The van der Waals surface area contributed by atoms with E-state index in [4.69, 9.17) is 10.5 Å². The molecule has 0 bridgehead atoms. The van der Waals surface area contributed by atoms with Gasteiger partial charge >= 0.3 is 5.97 Å². The van der Waals surface area contributed by atoms with Gasteiger partial charge in [0.1, 0.15) is 5.60 Å². The summed E-state index contributed by atoms with van der Waals surface area (Å²) in [5.41, 5.74) is 6.97. The van der Waals surface area contributed by atoms with Crippen molar-refractivity contribution in [1.29, 1.82) is 0 Å². The molecule has 0 spiro atoms. The maximum absolute atomic E-state index is 12.2. The van der Waals surface area contributed by atoms with Gasteiger partial charge in [0, 0.05) is 9.61 Å². The summed E-state index contributed by atoms with van der Waals surface area (Å²) >= 11 is 2.18. The Hall–Kier alpha value is -0.620. The van der Waals surface area contributed by atoms with Gasteiger partial charge in [0.05, 0.1) is 5.56 Å². The Bertz CT molecular complexity index is 438. The highest BCUT2D eigenvalue weighted by molar-refractivity contribution is 14.1. The van der Waals surface area contributed by atoms with Crippen LogP contribution in [0.4, 0.5) is 0 Å².